The zero-order chi connectivity index (χ0) is 21.6. The number of nitrogens with zero attached hydrogens (tertiary/aromatic N) is 4. The lowest BCUT2D eigenvalue weighted by Crippen LogP contribution is -2.42. The second-order valence-corrected chi connectivity index (χ2v) is 10.4. The molecule has 154 valence electrons. The maximum Gasteiger partial charge on any atom is 0.219 e. The van der Waals surface area contributed by atoms with Crippen molar-refractivity contribution in [3.8, 4) is 6.07 Å². The van der Waals surface area contributed by atoms with Gasteiger partial charge in [-0.15, -0.1) is 10.2 Å². The standard InChI is InChI=1S/C22H23N5OS2/c1-12-7-5-6-8-13(12)17-14(11-23)19(24)27(20-25-26-21(29-4)30-20)15-9-22(2,3)10-16(28)18(15)17/h5-8,17H,9-10,24H2,1-4H3. The van der Waals surface area contributed by atoms with Crippen LogP contribution >= 0.6 is 23.1 Å². The number of carbonyl (C=O) groups is 1. The molecule has 1 unspecified atom stereocenters. The number of hydrogen-bond acceptors (Lipinski definition) is 8. The molecule has 0 saturated carbocycles. The number of Topliss-reactive ketones (excluding diaryl/α,β-unsaturated/α-hetero) is 1. The number of aromatic nitrogens is 2. The Morgan fingerprint density at radius 2 is 2.03 bits per heavy atom. The van der Waals surface area contributed by atoms with Crippen LogP contribution < -0.4 is 10.6 Å². The zero-order valence-electron chi connectivity index (χ0n) is 17.4. The number of thioether (sulfide) groups is 1. The van der Waals surface area contributed by atoms with Crippen LogP contribution in [0.3, 0.4) is 0 Å². The second-order valence-electron chi connectivity index (χ2n) is 8.39. The van der Waals surface area contributed by atoms with Gasteiger partial charge in [-0.25, -0.2) is 0 Å². The van der Waals surface area contributed by atoms with Crippen molar-refractivity contribution >= 4 is 34.0 Å². The molecule has 1 aliphatic heterocycles. The highest BCUT2D eigenvalue weighted by atomic mass is 32.2. The Labute approximate surface area is 184 Å². The van der Waals surface area contributed by atoms with Crippen LogP contribution in [0, 0.1) is 23.7 Å². The molecular weight excluding hydrogens is 414 g/mol. The summed E-state index contributed by atoms with van der Waals surface area (Å²) in [6.07, 6.45) is 3.05. The van der Waals surface area contributed by atoms with E-state index in [2.05, 4.69) is 30.1 Å². The summed E-state index contributed by atoms with van der Waals surface area (Å²) in [4.78, 5) is 15.2. The smallest absolute Gasteiger partial charge is 0.219 e. The minimum atomic E-state index is -0.459. The van der Waals surface area contributed by atoms with Crippen LogP contribution in [0.25, 0.3) is 0 Å². The molecule has 0 bridgehead atoms. The molecule has 6 nitrogen and oxygen atoms in total. The van der Waals surface area contributed by atoms with Gasteiger partial charge in [-0.3, -0.25) is 9.69 Å². The van der Waals surface area contributed by atoms with E-state index < -0.39 is 5.92 Å². The SMILES string of the molecule is CSc1nnc(N2C(N)=C(C#N)C(c3ccccc3C)C3=C2CC(C)(C)CC3=O)s1. The fraction of sp³-hybridized carbons (Fsp3) is 0.364. The molecule has 1 aliphatic carbocycles. The summed E-state index contributed by atoms with van der Waals surface area (Å²) < 4.78 is 0.806. The summed E-state index contributed by atoms with van der Waals surface area (Å²) in [5.74, 6) is -0.0628. The second kappa shape index (κ2) is 7.56. The molecule has 0 amide bonds. The van der Waals surface area contributed by atoms with Crippen LogP contribution in [-0.4, -0.2) is 22.2 Å². The molecule has 2 N–H and O–H groups in total. The van der Waals surface area contributed by atoms with Crippen LogP contribution in [0.2, 0.25) is 0 Å². The number of benzene rings is 1. The molecule has 0 saturated heterocycles. The monoisotopic (exact) mass is 437 g/mol. The van der Waals surface area contributed by atoms with E-state index in [4.69, 9.17) is 5.73 Å². The summed E-state index contributed by atoms with van der Waals surface area (Å²) in [6, 6.07) is 10.2. The van der Waals surface area contributed by atoms with E-state index in [-0.39, 0.29) is 11.2 Å². The van der Waals surface area contributed by atoms with Crippen LogP contribution in [0.15, 0.2) is 51.3 Å². The van der Waals surface area contributed by atoms with Crippen molar-refractivity contribution < 1.29 is 4.79 Å². The summed E-state index contributed by atoms with van der Waals surface area (Å²) >= 11 is 2.91. The Balaban J connectivity index is 2.00. The van der Waals surface area contributed by atoms with E-state index in [1.165, 1.54) is 23.1 Å². The van der Waals surface area contributed by atoms with Crippen LogP contribution in [-0.2, 0) is 4.79 Å². The van der Waals surface area contributed by atoms with Crippen molar-refractivity contribution in [3.63, 3.8) is 0 Å². The first kappa shape index (κ1) is 20.6. The fourth-order valence-electron chi connectivity index (χ4n) is 4.32. The van der Waals surface area contributed by atoms with E-state index in [0.717, 1.165) is 21.2 Å². The maximum absolute atomic E-state index is 13.5. The molecule has 0 radical (unpaired) electrons. The first-order valence-corrected chi connectivity index (χ1v) is 11.7. The molecule has 1 aromatic carbocycles. The summed E-state index contributed by atoms with van der Waals surface area (Å²) in [5, 5.41) is 19.2. The lowest BCUT2D eigenvalue weighted by molar-refractivity contribution is -0.118. The predicted molar refractivity (Wildman–Crippen MR) is 120 cm³/mol. The number of carbonyl (C=O) groups excluding carboxylic acids is 1. The van der Waals surface area contributed by atoms with Gasteiger partial charge >= 0.3 is 0 Å². The van der Waals surface area contributed by atoms with Crippen LogP contribution in [0.4, 0.5) is 5.13 Å². The quantitative estimate of drug-likeness (QED) is 0.706. The van der Waals surface area contributed by atoms with Crippen molar-refractivity contribution in [3.05, 3.63) is 58.1 Å². The molecule has 30 heavy (non-hydrogen) atoms. The zero-order valence-corrected chi connectivity index (χ0v) is 19.0. The number of ketones is 1. The average molecular weight is 438 g/mol. The van der Waals surface area contributed by atoms with Gasteiger partial charge in [-0.2, -0.15) is 5.26 Å². The van der Waals surface area contributed by atoms with Crippen LogP contribution in [0.1, 0.15) is 43.7 Å². The van der Waals surface area contributed by atoms with Gasteiger partial charge < -0.3 is 5.73 Å². The number of hydrogen-bond donors (Lipinski definition) is 1. The number of aryl methyl sites for hydroxylation is 1. The van der Waals surface area contributed by atoms with Crippen molar-refractivity contribution in [2.24, 2.45) is 11.1 Å². The number of nitriles is 1. The highest BCUT2D eigenvalue weighted by molar-refractivity contribution is 8.00. The average Bonchev–Trinajstić information content (AvgIpc) is 3.15. The highest BCUT2D eigenvalue weighted by Crippen LogP contribution is 2.51. The Morgan fingerprint density at radius 3 is 2.67 bits per heavy atom. The number of anilines is 1. The minimum absolute atomic E-state index is 0.0642. The molecule has 2 aliphatic rings. The highest BCUT2D eigenvalue weighted by Gasteiger charge is 2.45. The third kappa shape index (κ3) is 3.32. The first-order chi connectivity index (χ1) is 14.3. The minimum Gasteiger partial charge on any atom is -0.384 e. The Morgan fingerprint density at radius 1 is 1.30 bits per heavy atom. The van der Waals surface area contributed by atoms with E-state index in [1.807, 2.05) is 37.4 Å². The molecule has 4 rings (SSSR count). The van der Waals surface area contributed by atoms with Crippen molar-refractivity contribution in [2.75, 3.05) is 11.2 Å². The van der Waals surface area contributed by atoms with E-state index >= 15 is 0 Å². The van der Waals surface area contributed by atoms with Gasteiger partial charge in [0.2, 0.25) is 5.13 Å². The van der Waals surface area contributed by atoms with Crippen LogP contribution in [0.5, 0.6) is 0 Å². The molecular formula is C22H23N5OS2. The van der Waals surface area contributed by atoms with Gasteiger partial charge in [0.25, 0.3) is 0 Å². The van der Waals surface area contributed by atoms with E-state index in [1.54, 1.807) is 4.90 Å². The topological polar surface area (TPSA) is 95.9 Å². The van der Waals surface area contributed by atoms with Gasteiger partial charge in [-0.05, 0) is 36.1 Å². The van der Waals surface area contributed by atoms with E-state index in [9.17, 15) is 10.1 Å². The number of nitrogens with two attached hydrogens (primary N) is 1. The predicted octanol–water partition coefficient (Wildman–Crippen LogP) is 4.51. The number of allylic oxidation sites excluding steroid dienone is 3. The maximum atomic E-state index is 13.5. The number of rotatable bonds is 3. The third-order valence-corrected chi connectivity index (χ3v) is 7.53. The normalized spacial score (nSPS) is 21.0. The summed E-state index contributed by atoms with van der Waals surface area (Å²) in [5.41, 5.74) is 10.3. The van der Waals surface area contributed by atoms with E-state index in [0.29, 0.717) is 34.9 Å². The van der Waals surface area contributed by atoms with Crippen molar-refractivity contribution in [1.82, 2.24) is 10.2 Å². The molecule has 1 aromatic heterocycles. The fourth-order valence-corrected chi connectivity index (χ4v) is 5.62. The molecule has 2 heterocycles. The largest absolute Gasteiger partial charge is 0.384 e. The first-order valence-electron chi connectivity index (χ1n) is 9.66. The summed E-state index contributed by atoms with van der Waals surface area (Å²) in [6.45, 7) is 6.17. The Bertz CT molecular complexity index is 1140. The van der Waals surface area contributed by atoms with Gasteiger partial charge in [-0.1, -0.05) is 61.2 Å². The summed E-state index contributed by atoms with van der Waals surface area (Å²) in [7, 11) is 0. The van der Waals surface area contributed by atoms with Gasteiger partial charge in [0.1, 0.15) is 5.82 Å². The Hall–Kier alpha value is -2.63. The lowest BCUT2D eigenvalue weighted by atomic mass is 9.68. The molecule has 8 heteroatoms. The van der Waals surface area contributed by atoms with Gasteiger partial charge in [0, 0.05) is 17.7 Å². The molecule has 0 spiro atoms. The molecule has 2 aromatic rings. The van der Waals surface area contributed by atoms with Crippen molar-refractivity contribution in [1.29, 1.82) is 5.26 Å². The van der Waals surface area contributed by atoms with Gasteiger partial charge in [0.05, 0.1) is 17.6 Å². The van der Waals surface area contributed by atoms with Gasteiger partial charge in [0.15, 0.2) is 10.1 Å². The lowest BCUT2D eigenvalue weighted by Gasteiger charge is -2.42. The third-order valence-electron chi connectivity index (χ3n) is 5.64. The molecule has 1 atom stereocenters. The van der Waals surface area contributed by atoms with Crippen molar-refractivity contribution in [2.45, 2.75) is 43.9 Å². The molecule has 0 fully saturated rings. The Kier molecular flexibility index (Phi) is 5.20.